The summed E-state index contributed by atoms with van der Waals surface area (Å²) in [6.45, 7) is 4.21. The minimum atomic E-state index is -2.96. The van der Waals surface area contributed by atoms with Crippen molar-refractivity contribution in [2.45, 2.75) is 19.4 Å². The van der Waals surface area contributed by atoms with Gasteiger partial charge in [0.15, 0.2) is 9.84 Å². The Morgan fingerprint density at radius 1 is 1.44 bits per heavy atom. The number of piperazine rings is 1. The Bertz CT molecular complexity index is 380. The van der Waals surface area contributed by atoms with Gasteiger partial charge in [-0.1, -0.05) is 0 Å². The van der Waals surface area contributed by atoms with Crippen LogP contribution in [0.15, 0.2) is 0 Å². The largest absolute Gasteiger partial charge is 0.340 e. The molecule has 0 aromatic rings. The van der Waals surface area contributed by atoms with Crippen LogP contribution in [0.4, 0.5) is 0 Å². The van der Waals surface area contributed by atoms with E-state index in [-0.39, 0.29) is 23.3 Å². The fourth-order valence-electron chi connectivity index (χ4n) is 2.38. The summed E-state index contributed by atoms with van der Waals surface area (Å²) >= 11 is 0. The smallest absolute Gasteiger partial charge is 0.226 e. The zero-order chi connectivity index (χ0) is 11.8. The molecule has 1 N–H and O–H groups in total. The fraction of sp³-hybridized carbons (Fsp3) is 0.900. The Balaban J connectivity index is 1.97. The van der Waals surface area contributed by atoms with Gasteiger partial charge in [-0.15, -0.1) is 0 Å². The van der Waals surface area contributed by atoms with E-state index in [1.54, 1.807) is 4.90 Å². The van der Waals surface area contributed by atoms with Crippen molar-refractivity contribution in [3.8, 4) is 0 Å². The zero-order valence-electron chi connectivity index (χ0n) is 9.48. The molecule has 0 bridgehead atoms. The second-order valence-electron chi connectivity index (χ2n) is 4.74. The van der Waals surface area contributed by atoms with E-state index >= 15 is 0 Å². The number of carbonyl (C=O) groups excluding carboxylic acids is 1. The fourth-order valence-corrected chi connectivity index (χ4v) is 4.11. The summed E-state index contributed by atoms with van der Waals surface area (Å²) in [5.41, 5.74) is 0. The minimum absolute atomic E-state index is 0.0226. The van der Waals surface area contributed by atoms with Gasteiger partial charge in [-0.2, -0.15) is 0 Å². The summed E-state index contributed by atoms with van der Waals surface area (Å²) < 4.78 is 22.6. The molecule has 2 fully saturated rings. The van der Waals surface area contributed by atoms with Crippen molar-refractivity contribution in [3.63, 3.8) is 0 Å². The summed E-state index contributed by atoms with van der Waals surface area (Å²) in [7, 11) is -2.96. The molecule has 1 amide bonds. The van der Waals surface area contributed by atoms with Crippen molar-refractivity contribution in [2.75, 3.05) is 31.1 Å². The first-order chi connectivity index (χ1) is 7.48. The topological polar surface area (TPSA) is 66.5 Å². The minimum Gasteiger partial charge on any atom is -0.340 e. The molecule has 2 aliphatic rings. The van der Waals surface area contributed by atoms with Crippen LogP contribution in [0.3, 0.4) is 0 Å². The van der Waals surface area contributed by atoms with E-state index in [4.69, 9.17) is 0 Å². The van der Waals surface area contributed by atoms with Crippen LogP contribution in [-0.2, 0) is 14.6 Å². The number of hydrogen-bond donors (Lipinski definition) is 1. The molecule has 2 rings (SSSR count). The molecule has 0 spiro atoms. The molecule has 0 aromatic heterocycles. The maximum absolute atomic E-state index is 12.1. The standard InChI is InChI=1S/C10H18N2O3S/c1-8-6-12(4-3-11-8)10(13)9-2-5-16(14,15)7-9/h8-9,11H,2-7H2,1H3/t8-,9?/m0/s1. The van der Waals surface area contributed by atoms with Gasteiger partial charge in [0.2, 0.25) is 5.91 Å². The van der Waals surface area contributed by atoms with Crippen LogP contribution >= 0.6 is 0 Å². The van der Waals surface area contributed by atoms with E-state index in [0.717, 1.165) is 6.54 Å². The van der Waals surface area contributed by atoms with E-state index < -0.39 is 9.84 Å². The monoisotopic (exact) mass is 246 g/mol. The molecule has 2 atom stereocenters. The highest BCUT2D eigenvalue weighted by molar-refractivity contribution is 7.91. The van der Waals surface area contributed by atoms with Crippen LogP contribution in [0.1, 0.15) is 13.3 Å². The maximum Gasteiger partial charge on any atom is 0.226 e. The third kappa shape index (κ3) is 2.55. The predicted octanol–water partition coefficient (Wildman–Crippen LogP) is -0.759. The van der Waals surface area contributed by atoms with Crippen molar-refractivity contribution in [2.24, 2.45) is 5.92 Å². The first-order valence-electron chi connectivity index (χ1n) is 5.70. The number of nitrogens with zero attached hydrogens (tertiary/aromatic N) is 1. The van der Waals surface area contributed by atoms with Crippen LogP contribution in [0.2, 0.25) is 0 Å². The van der Waals surface area contributed by atoms with Crippen molar-refractivity contribution in [1.29, 1.82) is 0 Å². The second kappa shape index (κ2) is 4.33. The van der Waals surface area contributed by atoms with Crippen molar-refractivity contribution < 1.29 is 13.2 Å². The Hall–Kier alpha value is -0.620. The number of sulfone groups is 1. The van der Waals surface area contributed by atoms with Gasteiger partial charge in [0.05, 0.1) is 17.4 Å². The van der Waals surface area contributed by atoms with Gasteiger partial charge in [-0.25, -0.2) is 8.42 Å². The van der Waals surface area contributed by atoms with Gasteiger partial charge < -0.3 is 10.2 Å². The van der Waals surface area contributed by atoms with Gasteiger partial charge in [0, 0.05) is 25.7 Å². The van der Waals surface area contributed by atoms with Crippen LogP contribution in [0.25, 0.3) is 0 Å². The highest BCUT2D eigenvalue weighted by Crippen LogP contribution is 2.21. The van der Waals surface area contributed by atoms with Crippen molar-refractivity contribution in [3.05, 3.63) is 0 Å². The first kappa shape index (κ1) is 11.9. The van der Waals surface area contributed by atoms with Crippen LogP contribution < -0.4 is 5.32 Å². The third-order valence-corrected chi connectivity index (χ3v) is 5.03. The average Bonchev–Trinajstić information content (AvgIpc) is 2.58. The van der Waals surface area contributed by atoms with Gasteiger partial charge in [0.25, 0.3) is 0 Å². The van der Waals surface area contributed by atoms with Gasteiger partial charge in [0.1, 0.15) is 0 Å². The molecule has 5 nitrogen and oxygen atoms in total. The van der Waals surface area contributed by atoms with Gasteiger partial charge >= 0.3 is 0 Å². The summed E-state index contributed by atoms with van der Waals surface area (Å²) in [4.78, 5) is 13.9. The van der Waals surface area contributed by atoms with E-state index in [1.165, 1.54) is 0 Å². The van der Waals surface area contributed by atoms with E-state index in [9.17, 15) is 13.2 Å². The number of carbonyl (C=O) groups is 1. The Labute approximate surface area is 96.1 Å². The second-order valence-corrected chi connectivity index (χ2v) is 6.97. The molecule has 6 heteroatoms. The molecule has 92 valence electrons. The van der Waals surface area contributed by atoms with Crippen LogP contribution in [0, 0.1) is 5.92 Å². The Kier molecular flexibility index (Phi) is 3.21. The van der Waals surface area contributed by atoms with Gasteiger partial charge in [-0.3, -0.25) is 4.79 Å². The number of hydrogen-bond acceptors (Lipinski definition) is 4. The van der Waals surface area contributed by atoms with Crippen molar-refractivity contribution >= 4 is 15.7 Å². The lowest BCUT2D eigenvalue weighted by Gasteiger charge is -2.33. The predicted molar refractivity (Wildman–Crippen MR) is 60.8 cm³/mol. The van der Waals surface area contributed by atoms with E-state index in [1.807, 2.05) is 6.92 Å². The molecule has 1 unspecified atom stereocenters. The zero-order valence-corrected chi connectivity index (χ0v) is 10.3. The molecule has 0 radical (unpaired) electrons. The van der Waals surface area contributed by atoms with E-state index in [2.05, 4.69) is 5.32 Å². The number of rotatable bonds is 1. The SMILES string of the molecule is C[C@H]1CN(C(=O)C2CCS(=O)(=O)C2)CCN1. The summed E-state index contributed by atoms with van der Waals surface area (Å²) in [5, 5.41) is 3.26. The summed E-state index contributed by atoms with van der Waals surface area (Å²) in [6.07, 6.45) is 0.499. The van der Waals surface area contributed by atoms with Crippen molar-refractivity contribution in [1.82, 2.24) is 10.2 Å². The lowest BCUT2D eigenvalue weighted by molar-refractivity contribution is -0.135. The molecule has 0 aromatic carbocycles. The first-order valence-corrected chi connectivity index (χ1v) is 7.53. The number of nitrogens with one attached hydrogen (secondary N) is 1. The molecule has 2 aliphatic heterocycles. The average molecular weight is 246 g/mol. The normalized spacial score (nSPS) is 33.9. The summed E-state index contributed by atoms with van der Waals surface area (Å²) in [5.74, 6) is -0.0559. The number of amides is 1. The van der Waals surface area contributed by atoms with Crippen LogP contribution in [0.5, 0.6) is 0 Å². The highest BCUT2D eigenvalue weighted by Gasteiger charge is 2.36. The molecule has 2 saturated heterocycles. The lowest BCUT2D eigenvalue weighted by Crippen LogP contribution is -2.52. The molecular formula is C10H18N2O3S. The molecular weight excluding hydrogens is 228 g/mol. The summed E-state index contributed by atoms with van der Waals surface area (Å²) in [6, 6.07) is 0.302. The van der Waals surface area contributed by atoms with Gasteiger partial charge in [-0.05, 0) is 13.3 Å². The molecule has 0 aliphatic carbocycles. The molecule has 16 heavy (non-hydrogen) atoms. The third-order valence-electron chi connectivity index (χ3n) is 3.26. The Morgan fingerprint density at radius 3 is 2.75 bits per heavy atom. The van der Waals surface area contributed by atoms with E-state index in [0.29, 0.717) is 25.6 Å². The quantitative estimate of drug-likeness (QED) is 0.660. The maximum atomic E-state index is 12.1. The molecule has 0 saturated carbocycles. The highest BCUT2D eigenvalue weighted by atomic mass is 32.2. The van der Waals surface area contributed by atoms with Crippen LogP contribution in [-0.4, -0.2) is 56.4 Å². The molecule has 2 heterocycles. The Morgan fingerprint density at radius 2 is 2.19 bits per heavy atom. The lowest BCUT2D eigenvalue weighted by atomic mass is 10.1.